The van der Waals surface area contributed by atoms with Crippen LogP contribution >= 0.6 is 11.8 Å². The highest BCUT2D eigenvalue weighted by Crippen LogP contribution is 2.36. The molecular weight excluding hydrogens is 318 g/mol. The average molecular weight is 335 g/mol. The van der Waals surface area contributed by atoms with Crippen molar-refractivity contribution in [3.63, 3.8) is 0 Å². The Labute approximate surface area is 144 Å². The fraction of sp³-hybridized carbons (Fsp3) is 0.333. The number of hydrogen-bond acceptors (Lipinski definition) is 4. The van der Waals surface area contributed by atoms with Gasteiger partial charge in [-0.1, -0.05) is 41.5 Å². The van der Waals surface area contributed by atoms with E-state index in [1.807, 2.05) is 42.5 Å². The molecule has 1 heterocycles. The Morgan fingerprint density at radius 2 is 1.79 bits per heavy atom. The number of fused-ring (bicyclic) bond motifs is 1. The van der Waals surface area contributed by atoms with Crippen LogP contribution in [0.15, 0.2) is 67.4 Å². The van der Waals surface area contributed by atoms with E-state index in [0.717, 1.165) is 33.3 Å². The standard InChI is InChI=1S/C18H17N5S/c19-23-22-15-10-9-14-16(17(15)24-13-7-3-1-4-8-13)21-18(20-14)11-5-2-6-12-18/h1,3-4,7-10H,2,5-6,11-12H2. The molecule has 4 rings (SSSR count). The van der Waals surface area contributed by atoms with Gasteiger partial charge in [0.15, 0.2) is 5.66 Å². The van der Waals surface area contributed by atoms with E-state index in [4.69, 9.17) is 15.5 Å². The molecule has 0 unspecified atom stereocenters. The molecule has 1 spiro atoms. The number of azide groups is 1. The molecular formula is C18H17N5S. The molecule has 2 aliphatic rings. The van der Waals surface area contributed by atoms with E-state index in [2.05, 4.69) is 10.0 Å². The Morgan fingerprint density at radius 3 is 2.54 bits per heavy atom. The fourth-order valence-electron chi connectivity index (χ4n) is 3.38. The molecule has 5 nitrogen and oxygen atoms in total. The normalized spacial score (nSPS) is 17.5. The van der Waals surface area contributed by atoms with E-state index in [1.54, 1.807) is 11.8 Å². The lowest BCUT2D eigenvalue weighted by atomic mass is 9.90. The van der Waals surface area contributed by atoms with E-state index >= 15 is 0 Å². The summed E-state index contributed by atoms with van der Waals surface area (Å²) in [7, 11) is 0. The highest BCUT2D eigenvalue weighted by atomic mass is 32.2. The number of hydrogen-bond donors (Lipinski definition) is 0. The van der Waals surface area contributed by atoms with Crippen LogP contribution in [0.3, 0.4) is 0 Å². The molecule has 1 fully saturated rings. The van der Waals surface area contributed by atoms with Gasteiger partial charge in [-0.15, -0.1) is 0 Å². The molecule has 0 aromatic heterocycles. The third-order valence-corrected chi connectivity index (χ3v) is 5.62. The summed E-state index contributed by atoms with van der Waals surface area (Å²) in [5, 5.41) is 5.68. The van der Waals surface area contributed by atoms with Crippen molar-refractivity contribution in [3.05, 3.63) is 63.6 Å². The predicted octanol–water partition coefficient (Wildman–Crippen LogP) is 4.69. The molecule has 1 saturated carbocycles. The van der Waals surface area contributed by atoms with E-state index in [1.165, 1.54) is 19.3 Å². The molecule has 2 aromatic carbocycles. The predicted molar refractivity (Wildman–Crippen MR) is 93.9 cm³/mol. The smallest absolute Gasteiger partial charge is 0.151 e. The number of rotatable bonds is 3. The van der Waals surface area contributed by atoms with Gasteiger partial charge < -0.3 is 0 Å². The largest absolute Gasteiger partial charge is 0.253 e. The maximum atomic E-state index is 8.90. The molecule has 0 amide bonds. The van der Waals surface area contributed by atoms with Crippen LogP contribution in [0.25, 0.3) is 10.4 Å². The van der Waals surface area contributed by atoms with Crippen molar-refractivity contribution in [2.45, 2.75) is 47.6 Å². The Hall–Kier alpha value is -2.30. The van der Waals surface area contributed by atoms with Gasteiger partial charge in [0.05, 0.1) is 11.0 Å². The number of nitrogens with zero attached hydrogens (tertiary/aromatic N) is 5. The summed E-state index contributed by atoms with van der Waals surface area (Å²) in [6.07, 6.45) is 5.62. The van der Waals surface area contributed by atoms with Crippen LogP contribution in [-0.4, -0.2) is 5.66 Å². The maximum Gasteiger partial charge on any atom is 0.151 e. The summed E-state index contributed by atoms with van der Waals surface area (Å²) >= 11 is 1.59. The van der Waals surface area contributed by atoms with Crippen LogP contribution < -0.4 is 10.7 Å². The Bertz CT molecular complexity index is 926. The quantitative estimate of drug-likeness (QED) is 0.455. The zero-order chi connectivity index (χ0) is 16.4. The van der Waals surface area contributed by atoms with Crippen molar-refractivity contribution in [1.29, 1.82) is 0 Å². The summed E-state index contributed by atoms with van der Waals surface area (Å²) < 4.78 is 0. The second-order valence-corrected chi connectivity index (χ2v) is 7.24. The summed E-state index contributed by atoms with van der Waals surface area (Å²) in [4.78, 5) is 14.9. The van der Waals surface area contributed by atoms with Crippen molar-refractivity contribution in [3.8, 4) is 0 Å². The zero-order valence-electron chi connectivity index (χ0n) is 13.2. The molecule has 6 heteroatoms. The summed E-state index contributed by atoms with van der Waals surface area (Å²) in [5.41, 5.74) is 9.23. The van der Waals surface area contributed by atoms with Crippen LogP contribution in [0.4, 0.5) is 5.69 Å². The van der Waals surface area contributed by atoms with Gasteiger partial charge >= 0.3 is 0 Å². The first kappa shape index (κ1) is 15.2. The molecule has 0 saturated heterocycles. The third kappa shape index (κ3) is 2.79. The first-order valence-corrected chi connectivity index (χ1v) is 9.02. The van der Waals surface area contributed by atoms with Gasteiger partial charge in [0, 0.05) is 14.7 Å². The molecule has 0 atom stereocenters. The Morgan fingerprint density at radius 1 is 1.00 bits per heavy atom. The third-order valence-electron chi connectivity index (χ3n) is 4.51. The maximum absolute atomic E-state index is 8.90. The van der Waals surface area contributed by atoms with Crippen molar-refractivity contribution in [2.24, 2.45) is 15.1 Å². The second-order valence-electron chi connectivity index (χ2n) is 6.15. The minimum absolute atomic E-state index is 0.290. The van der Waals surface area contributed by atoms with Crippen molar-refractivity contribution < 1.29 is 0 Å². The van der Waals surface area contributed by atoms with Gasteiger partial charge in [0.25, 0.3) is 0 Å². The van der Waals surface area contributed by atoms with Crippen LogP contribution in [-0.2, 0) is 0 Å². The van der Waals surface area contributed by atoms with Gasteiger partial charge in [-0.25, -0.2) is 0 Å². The van der Waals surface area contributed by atoms with E-state index in [9.17, 15) is 0 Å². The molecule has 24 heavy (non-hydrogen) atoms. The van der Waals surface area contributed by atoms with E-state index in [-0.39, 0.29) is 5.66 Å². The van der Waals surface area contributed by atoms with Crippen molar-refractivity contribution in [1.82, 2.24) is 0 Å². The lowest BCUT2D eigenvalue weighted by molar-refractivity contribution is 0.308. The molecule has 0 radical (unpaired) electrons. The van der Waals surface area contributed by atoms with Crippen LogP contribution in [0.1, 0.15) is 32.1 Å². The highest BCUT2D eigenvalue weighted by Gasteiger charge is 2.33. The first-order chi connectivity index (χ1) is 11.8. The lowest BCUT2D eigenvalue weighted by Gasteiger charge is -2.27. The van der Waals surface area contributed by atoms with Crippen LogP contribution in [0, 0.1) is 0 Å². The van der Waals surface area contributed by atoms with Crippen molar-refractivity contribution >= 4 is 17.4 Å². The summed E-state index contributed by atoms with van der Waals surface area (Å²) in [5.74, 6) is 0. The van der Waals surface area contributed by atoms with E-state index < -0.39 is 0 Å². The summed E-state index contributed by atoms with van der Waals surface area (Å²) in [6.45, 7) is 0. The van der Waals surface area contributed by atoms with Crippen molar-refractivity contribution in [2.75, 3.05) is 0 Å². The first-order valence-electron chi connectivity index (χ1n) is 8.20. The van der Waals surface area contributed by atoms with Gasteiger partial charge in [-0.05, 0) is 55.5 Å². The van der Waals surface area contributed by atoms with Crippen LogP contribution in [0.5, 0.6) is 0 Å². The molecule has 1 aliphatic carbocycles. The monoisotopic (exact) mass is 335 g/mol. The average Bonchev–Trinajstić information content (AvgIpc) is 2.97. The van der Waals surface area contributed by atoms with Crippen LogP contribution in [0.2, 0.25) is 0 Å². The second kappa shape index (κ2) is 6.30. The number of benzene rings is 2. The molecule has 1 aliphatic heterocycles. The summed E-state index contributed by atoms with van der Waals surface area (Å²) in [6, 6.07) is 13.9. The lowest BCUT2D eigenvalue weighted by Crippen LogP contribution is -2.26. The molecule has 2 aromatic rings. The molecule has 0 N–H and O–H groups in total. The van der Waals surface area contributed by atoms with Gasteiger partial charge in [-0.2, -0.15) is 0 Å². The highest BCUT2D eigenvalue weighted by molar-refractivity contribution is 7.99. The zero-order valence-corrected chi connectivity index (χ0v) is 14.0. The van der Waals surface area contributed by atoms with Gasteiger partial charge in [-0.3, -0.25) is 9.98 Å². The molecule has 120 valence electrons. The molecule has 0 bridgehead atoms. The topological polar surface area (TPSA) is 73.5 Å². The van der Waals surface area contributed by atoms with Gasteiger partial charge in [0.1, 0.15) is 5.36 Å². The minimum Gasteiger partial charge on any atom is -0.253 e. The minimum atomic E-state index is -0.290. The SMILES string of the molecule is [N-]=[N+]=Nc1ccc2c(c1Sc1ccccc1)=NC1(CCCCC1)N=2. The Balaban J connectivity index is 1.87. The van der Waals surface area contributed by atoms with E-state index in [0.29, 0.717) is 5.69 Å². The van der Waals surface area contributed by atoms with Gasteiger partial charge in [0.2, 0.25) is 0 Å². The fourth-order valence-corrected chi connectivity index (χ4v) is 4.37. The Kier molecular flexibility index (Phi) is 4.00.